The number of nitrogens with zero attached hydrogens (tertiary/aromatic N) is 4. The quantitative estimate of drug-likeness (QED) is 0.429. The van der Waals surface area contributed by atoms with Gasteiger partial charge in [-0.25, -0.2) is 0 Å². The molecule has 2 aromatic carbocycles. The molecule has 0 spiro atoms. The van der Waals surface area contributed by atoms with Crippen molar-refractivity contribution in [2.24, 2.45) is 4.99 Å². The number of hydrogen-bond donors (Lipinski definition) is 1. The van der Waals surface area contributed by atoms with E-state index in [0.717, 1.165) is 41.7 Å². The van der Waals surface area contributed by atoms with Crippen LogP contribution in [-0.4, -0.2) is 68.5 Å². The smallest absolute Gasteiger partial charge is 0.260 e. The van der Waals surface area contributed by atoms with Crippen LogP contribution in [0.1, 0.15) is 5.56 Å². The van der Waals surface area contributed by atoms with Crippen LogP contribution < -0.4 is 15.0 Å². The lowest BCUT2D eigenvalue weighted by molar-refractivity contribution is -0.133. The predicted molar refractivity (Wildman–Crippen MR) is 135 cm³/mol. The second-order valence-corrected chi connectivity index (χ2v) is 7.98. The molecule has 1 fully saturated rings. The normalized spacial score (nSPS) is 13.6. The first-order valence-electron chi connectivity index (χ1n) is 11.1. The molecule has 1 N–H and O–H groups in total. The first-order chi connectivity index (χ1) is 16.1. The SMILES string of the molecule is C#Cn1cc(CCN=C)c2cc(OCC(=O)N3CCN(c4ccc(NC)cc4)CC3)ccc21. The van der Waals surface area contributed by atoms with E-state index in [1.165, 1.54) is 5.69 Å². The summed E-state index contributed by atoms with van der Waals surface area (Å²) < 4.78 is 7.62. The van der Waals surface area contributed by atoms with E-state index >= 15 is 0 Å². The van der Waals surface area contributed by atoms with Gasteiger partial charge in [0.15, 0.2) is 6.61 Å². The Kier molecular flexibility index (Phi) is 6.84. The Morgan fingerprint density at radius 3 is 2.61 bits per heavy atom. The Labute approximate surface area is 194 Å². The van der Waals surface area contributed by atoms with Gasteiger partial charge in [0.2, 0.25) is 0 Å². The molecule has 1 aromatic heterocycles. The van der Waals surface area contributed by atoms with Gasteiger partial charge >= 0.3 is 0 Å². The molecular weight excluding hydrogens is 414 g/mol. The third-order valence-corrected chi connectivity index (χ3v) is 6.05. The molecular formula is C26H29N5O2. The van der Waals surface area contributed by atoms with Crippen LogP contribution in [0.15, 0.2) is 53.7 Å². The van der Waals surface area contributed by atoms with Crippen molar-refractivity contribution in [1.29, 1.82) is 0 Å². The maximum Gasteiger partial charge on any atom is 0.260 e. The number of piperazine rings is 1. The van der Waals surface area contributed by atoms with Crippen molar-refractivity contribution in [3.05, 3.63) is 54.2 Å². The summed E-state index contributed by atoms with van der Waals surface area (Å²) in [5.74, 6) is 0.652. The zero-order valence-electron chi connectivity index (χ0n) is 19.0. The molecule has 33 heavy (non-hydrogen) atoms. The monoisotopic (exact) mass is 443 g/mol. The van der Waals surface area contributed by atoms with Crippen LogP contribution in [0.5, 0.6) is 5.75 Å². The van der Waals surface area contributed by atoms with Crippen LogP contribution in [0.4, 0.5) is 11.4 Å². The number of aromatic nitrogens is 1. The molecule has 7 nitrogen and oxygen atoms in total. The number of terminal acetylenes is 1. The molecule has 0 unspecified atom stereocenters. The Bertz CT molecular complexity index is 1170. The van der Waals surface area contributed by atoms with Crippen LogP contribution in [0.25, 0.3) is 10.9 Å². The second-order valence-electron chi connectivity index (χ2n) is 7.98. The van der Waals surface area contributed by atoms with E-state index in [2.05, 4.69) is 52.2 Å². The number of nitrogens with one attached hydrogen (secondary N) is 1. The Balaban J connectivity index is 1.35. The minimum atomic E-state index is -0.00227. The number of carbonyl (C=O) groups excluding carboxylic acids is 1. The van der Waals surface area contributed by atoms with E-state index < -0.39 is 0 Å². The summed E-state index contributed by atoms with van der Waals surface area (Å²) in [5.41, 5.74) is 4.29. The van der Waals surface area contributed by atoms with Gasteiger partial charge in [0.25, 0.3) is 5.91 Å². The highest BCUT2D eigenvalue weighted by molar-refractivity contribution is 5.86. The van der Waals surface area contributed by atoms with Gasteiger partial charge in [0.05, 0.1) is 5.52 Å². The summed E-state index contributed by atoms with van der Waals surface area (Å²) in [5, 5.41) is 4.14. The number of rotatable bonds is 8. The van der Waals surface area contributed by atoms with Crippen molar-refractivity contribution in [3.63, 3.8) is 0 Å². The zero-order chi connectivity index (χ0) is 23.2. The first kappa shape index (κ1) is 22.3. The van der Waals surface area contributed by atoms with Crippen molar-refractivity contribution < 1.29 is 9.53 Å². The minimum Gasteiger partial charge on any atom is -0.484 e. The van der Waals surface area contributed by atoms with Gasteiger partial charge in [-0.05, 0) is 61.2 Å². The molecule has 1 amide bonds. The highest BCUT2D eigenvalue weighted by atomic mass is 16.5. The summed E-state index contributed by atoms with van der Waals surface area (Å²) in [6, 6.07) is 16.7. The average Bonchev–Trinajstić information content (AvgIpc) is 3.23. The highest BCUT2D eigenvalue weighted by Crippen LogP contribution is 2.26. The Morgan fingerprint density at radius 2 is 1.94 bits per heavy atom. The number of anilines is 2. The van der Waals surface area contributed by atoms with E-state index in [-0.39, 0.29) is 12.5 Å². The molecule has 170 valence electrons. The van der Waals surface area contributed by atoms with Gasteiger partial charge in [-0.15, -0.1) is 0 Å². The van der Waals surface area contributed by atoms with Crippen molar-refractivity contribution >= 4 is 34.9 Å². The van der Waals surface area contributed by atoms with Crippen molar-refractivity contribution in [1.82, 2.24) is 9.47 Å². The van der Waals surface area contributed by atoms with E-state index in [0.29, 0.717) is 25.4 Å². The van der Waals surface area contributed by atoms with Gasteiger partial charge in [0.1, 0.15) is 5.75 Å². The molecule has 4 rings (SSSR count). The van der Waals surface area contributed by atoms with E-state index in [1.54, 1.807) is 4.57 Å². The number of aliphatic imine (C=N–C) groups is 1. The van der Waals surface area contributed by atoms with E-state index in [4.69, 9.17) is 11.2 Å². The topological polar surface area (TPSA) is 62.1 Å². The van der Waals surface area contributed by atoms with Gasteiger partial charge in [-0.3, -0.25) is 9.36 Å². The average molecular weight is 444 g/mol. The molecule has 1 aliphatic heterocycles. The molecule has 0 bridgehead atoms. The standard InChI is InChI=1S/C26H29N5O2/c1-4-29-18-20(11-12-27-2)24-17-23(9-10-25(24)29)33-19-26(32)31-15-13-30(14-16-31)22-7-5-21(28-3)6-8-22/h1,5-10,17-18,28H,2,11-16,19H2,3H3. The third-order valence-electron chi connectivity index (χ3n) is 6.05. The van der Waals surface area contributed by atoms with Crippen LogP contribution in [0.2, 0.25) is 0 Å². The number of benzene rings is 2. The third kappa shape index (κ3) is 4.96. The largest absolute Gasteiger partial charge is 0.484 e. The predicted octanol–water partition coefficient (Wildman–Crippen LogP) is 3.09. The fraction of sp³-hybridized carbons (Fsp3) is 0.308. The Morgan fingerprint density at radius 1 is 1.18 bits per heavy atom. The van der Waals surface area contributed by atoms with E-state index in [1.807, 2.05) is 36.3 Å². The fourth-order valence-electron chi connectivity index (χ4n) is 4.16. The van der Waals surface area contributed by atoms with Crippen LogP contribution in [-0.2, 0) is 11.2 Å². The summed E-state index contributed by atoms with van der Waals surface area (Å²) in [4.78, 5) is 20.9. The minimum absolute atomic E-state index is 0.00227. The molecule has 1 saturated heterocycles. The van der Waals surface area contributed by atoms with Crippen molar-refractivity contribution in [2.45, 2.75) is 6.42 Å². The summed E-state index contributed by atoms with van der Waals surface area (Å²) in [6.45, 7) is 7.16. The first-order valence-corrected chi connectivity index (χ1v) is 11.1. The molecule has 0 aliphatic carbocycles. The summed E-state index contributed by atoms with van der Waals surface area (Å²) >= 11 is 0. The molecule has 3 aromatic rings. The lowest BCUT2D eigenvalue weighted by Crippen LogP contribution is -2.50. The lowest BCUT2D eigenvalue weighted by atomic mass is 10.1. The van der Waals surface area contributed by atoms with Crippen molar-refractivity contribution in [3.8, 4) is 18.2 Å². The molecule has 7 heteroatoms. The Hall–Kier alpha value is -3.92. The number of fused-ring (bicyclic) bond motifs is 1. The second kappa shape index (κ2) is 10.1. The molecule has 0 atom stereocenters. The number of hydrogen-bond acceptors (Lipinski definition) is 5. The van der Waals surface area contributed by atoms with E-state index in [9.17, 15) is 4.79 Å². The van der Waals surface area contributed by atoms with Crippen LogP contribution in [0, 0.1) is 12.5 Å². The maximum absolute atomic E-state index is 12.7. The maximum atomic E-state index is 12.7. The molecule has 0 radical (unpaired) electrons. The van der Waals surface area contributed by atoms with Gasteiger partial charge in [-0.1, -0.05) is 6.42 Å². The van der Waals surface area contributed by atoms with Crippen LogP contribution in [0.3, 0.4) is 0 Å². The summed E-state index contributed by atoms with van der Waals surface area (Å²) in [7, 11) is 1.91. The molecule has 2 heterocycles. The number of ether oxygens (including phenoxy) is 1. The van der Waals surface area contributed by atoms with Gasteiger partial charge in [-0.2, -0.15) is 0 Å². The van der Waals surface area contributed by atoms with Crippen LogP contribution >= 0.6 is 0 Å². The highest BCUT2D eigenvalue weighted by Gasteiger charge is 2.22. The molecule has 0 saturated carbocycles. The fourth-order valence-corrected chi connectivity index (χ4v) is 4.16. The summed E-state index contributed by atoms with van der Waals surface area (Å²) in [6.07, 6.45) is 8.32. The van der Waals surface area contributed by atoms with Crippen molar-refractivity contribution in [2.75, 3.05) is 56.6 Å². The number of amides is 1. The van der Waals surface area contributed by atoms with Gasteiger partial charge in [0, 0.05) is 68.8 Å². The van der Waals surface area contributed by atoms with Gasteiger partial charge < -0.3 is 24.8 Å². The zero-order valence-corrected chi connectivity index (χ0v) is 19.0. The molecule has 1 aliphatic rings. The lowest BCUT2D eigenvalue weighted by Gasteiger charge is -2.36. The number of carbonyl (C=O) groups is 1.